The van der Waals surface area contributed by atoms with Crippen LogP contribution in [0.2, 0.25) is 0 Å². The fraction of sp³-hybridized carbons (Fsp3) is 0.833. The van der Waals surface area contributed by atoms with Gasteiger partial charge in [0.15, 0.2) is 0 Å². The van der Waals surface area contributed by atoms with E-state index < -0.39 is 0 Å². The van der Waals surface area contributed by atoms with E-state index in [1.165, 1.54) is 0 Å². The number of nitrogens with zero attached hydrogens (tertiary/aromatic N) is 1. The van der Waals surface area contributed by atoms with Gasteiger partial charge in [-0.05, 0) is 0 Å². The van der Waals surface area contributed by atoms with Crippen molar-refractivity contribution < 1.29 is 25.2 Å². The first-order valence-corrected chi connectivity index (χ1v) is 2.82. The van der Waals surface area contributed by atoms with Gasteiger partial charge in [0, 0.05) is 26.3 Å². The van der Waals surface area contributed by atoms with Gasteiger partial charge >= 0.3 is 0 Å². The van der Waals surface area contributed by atoms with E-state index in [-0.39, 0.29) is 26.3 Å². The normalized spacial score (nSPS) is 11.8. The second-order valence-corrected chi connectivity index (χ2v) is 1.94. The van der Waals surface area contributed by atoms with Gasteiger partial charge in [0.05, 0.1) is 0 Å². The summed E-state index contributed by atoms with van der Waals surface area (Å²) >= 11 is 0. The van der Waals surface area contributed by atoms with Crippen LogP contribution in [-0.2, 0) is 25.2 Å². The van der Waals surface area contributed by atoms with Crippen molar-refractivity contribution in [1.82, 2.24) is 0 Å². The number of aldehydes is 1. The van der Waals surface area contributed by atoms with Crippen molar-refractivity contribution in [2.45, 2.75) is 13.3 Å². The Hall–Kier alpha value is 0.292. The Labute approximate surface area is 70.1 Å². The van der Waals surface area contributed by atoms with Gasteiger partial charge in [-0.3, -0.25) is 0 Å². The minimum atomic E-state index is 0. The molecule has 0 aliphatic heterocycles. The summed E-state index contributed by atoms with van der Waals surface area (Å²) < 4.78 is 0. The van der Waals surface area contributed by atoms with Crippen molar-refractivity contribution in [2.75, 3.05) is 13.6 Å². The van der Waals surface area contributed by atoms with Crippen molar-refractivity contribution in [3.05, 3.63) is 5.32 Å². The second kappa shape index (κ2) is 8.29. The molecule has 0 aromatic heterocycles. The van der Waals surface area contributed by atoms with Gasteiger partial charge in [-0.1, -0.05) is 13.3 Å². The molecule has 0 bridgehead atoms. The van der Waals surface area contributed by atoms with Crippen molar-refractivity contribution in [3.63, 3.8) is 0 Å². The molecule has 0 aromatic carbocycles. The minimum absolute atomic E-state index is 0. The van der Waals surface area contributed by atoms with Gasteiger partial charge in [0.1, 0.15) is 6.29 Å². The van der Waals surface area contributed by atoms with E-state index in [2.05, 4.69) is 5.32 Å². The second-order valence-electron chi connectivity index (χ2n) is 1.94. The van der Waals surface area contributed by atoms with Crippen LogP contribution in [0.5, 0.6) is 0 Å². The van der Waals surface area contributed by atoms with Crippen LogP contribution in [0.1, 0.15) is 13.3 Å². The molecule has 0 rings (SSSR count). The smallest absolute Gasteiger partial charge is 0.122 e. The molecule has 0 fully saturated rings. The average molecular weight is 300 g/mol. The summed E-state index contributed by atoms with van der Waals surface area (Å²) in [7, 11) is 1.76. The standard InChI is InChI=1S/C6H12NO.Re/c1-6(5-8)3-4-7-2;/h5-6H,3-4H2,1-2H3;/q-1;. The van der Waals surface area contributed by atoms with Crippen molar-refractivity contribution in [3.8, 4) is 0 Å². The quantitative estimate of drug-likeness (QED) is 0.718. The van der Waals surface area contributed by atoms with Crippen LogP contribution < -0.4 is 0 Å². The summed E-state index contributed by atoms with van der Waals surface area (Å²) in [5.41, 5.74) is 0. The van der Waals surface area contributed by atoms with E-state index in [4.69, 9.17) is 0 Å². The topological polar surface area (TPSA) is 31.2 Å². The fourth-order valence-corrected chi connectivity index (χ4v) is 0.401. The molecule has 1 atom stereocenters. The maximum atomic E-state index is 9.97. The van der Waals surface area contributed by atoms with Crippen LogP contribution in [-0.4, -0.2) is 19.9 Å². The van der Waals surface area contributed by atoms with Crippen LogP contribution in [0.15, 0.2) is 0 Å². The van der Waals surface area contributed by atoms with E-state index in [1.54, 1.807) is 7.05 Å². The Bertz CT molecular complexity index is 68.1. The van der Waals surface area contributed by atoms with Crippen LogP contribution in [0.3, 0.4) is 0 Å². The Morgan fingerprint density at radius 3 is 2.56 bits per heavy atom. The number of rotatable bonds is 4. The number of carbonyl (C=O) groups excluding carboxylic acids is 1. The van der Waals surface area contributed by atoms with E-state index >= 15 is 0 Å². The molecule has 0 N–H and O–H groups in total. The molecule has 55 valence electrons. The predicted octanol–water partition coefficient (Wildman–Crippen LogP) is 1.21. The van der Waals surface area contributed by atoms with Crippen molar-refractivity contribution >= 4 is 6.29 Å². The zero-order valence-electron chi connectivity index (χ0n) is 5.80. The SMILES string of the molecule is C[N-]CCC(C)C=O.[Re]. The van der Waals surface area contributed by atoms with Crippen LogP contribution >= 0.6 is 0 Å². The molecular weight excluding hydrogens is 288 g/mol. The summed E-state index contributed by atoms with van der Waals surface area (Å²) in [6.45, 7) is 2.71. The first kappa shape index (κ1) is 12.0. The predicted molar refractivity (Wildman–Crippen MR) is 34.0 cm³/mol. The third-order valence-corrected chi connectivity index (χ3v) is 1.04. The zero-order valence-corrected chi connectivity index (χ0v) is 8.52. The molecule has 0 aliphatic carbocycles. The van der Waals surface area contributed by atoms with Gasteiger partial charge in [-0.2, -0.15) is 7.05 Å². The molecule has 0 aromatic rings. The molecule has 0 amide bonds. The maximum absolute atomic E-state index is 9.97. The maximum Gasteiger partial charge on any atom is 0.122 e. The molecule has 0 saturated heterocycles. The molecular formula is C6H12NORe-. The number of hydrogen-bond acceptors (Lipinski definition) is 1. The monoisotopic (exact) mass is 301 g/mol. The van der Waals surface area contributed by atoms with E-state index in [0.717, 1.165) is 19.3 Å². The largest absolute Gasteiger partial charge is 0.665 e. The van der Waals surface area contributed by atoms with E-state index in [9.17, 15) is 4.79 Å². The van der Waals surface area contributed by atoms with Crippen molar-refractivity contribution in [2.24, 2.45) is 5.92 Å². The first-order chi connectivity index (χ1) is 3.81. The molecule has 0 aliphatic rings. The van der Waals surface area contributed by atoms with Gasteiger partial charge in [0.25, 0.3) is 0 Å². The van der Waals surface area contributed by atoms with Crippen molar-refractivity contribution in [1.29, 1.82) is 0 Å². The first-order valence-electron chi connectivity index (χ1n) is 2.82. The molecule has 0 spiro atoms. The Balaban J connectivity index is 0. The minimum Gasteiger partial charge on any atom is -0.665 e. The molecule has 2 nitrogen and oxygen atoms in total. The van der Waals surface area contributed by atoms with E-state index in [0.29, 0.717) is 0 Å². The summed E-state index contributed by atoms with van der Waals surface area (Å²) in [5, 5.41) is 3.86. The molecule has 9 heavy (non-hydrogen) atoms. The average Bonchev–Trinajstić information content (AvgIpc) is 1.83. The Kier molecular flexibility index (Phi) is 11.1. The summed E-state index contributed by atoms with van der Waals surface area (Å²) in [4.78, 5) is 9.97. The van der Waals surface area contributed by atoms with Crippen LogP contribution in [0.25, 0.3) is 5.32 Å². The molecule has 0 heterocycles. The Morgan fingerprint density at radius 1 is 1.67 bits per heavy atom. The van der Waals surface area contributed by atoms with Gasteiger partial charge in [-0.25, -0.2) is 0 Å². The Morgan fingerprint density at radius 2 is 2.22 bits per heavy atom. The molecule has 0 saturated carbocycles. The number of carbonyl (C=O) groups is 1. The third-order valence-electron chi connectivity index (χ3n) is 1.04. The van der Waals surface area contributed by atoms with Gasteiger partial charge in [0.2, 0.25) is 0 Å². The third kappa shape index (κ3) is 8.29. The molecule has 1 radical (unpaired) electrons. The van der Waals surface area contributed by atoms with Crippen LogP contribution in [0.4, 0.5) is 0 Å². The van der Waals surface area contributed by atoms with E-state index in [1.807, 2.05) is 6.92 Å². The summed E-state index contributed by atoms with van der Waals surface area (Å²) in [6, 6.07) is 0. The van der Waals surface area contributed by atoms with Crippen LogP contribution in [0, 0.1) is 5.92 Å². The fourth-order valence-electron chi connectivity index (χ4n) is 0.401. The zero-order chi connectivity index (χ0) is 6.41. The van der Waals surface area contributed by atoms with Gasteiger partial charge < -0.3 is 10.1 Å². The van der Waals surface area contributed by atoms with Gasteiger partial charge in [-0.15, -0.1) is 6.54 Å². The number of hydrogen-bond donors (Lipinski definition) is 0. The molecule has 1 unspecified atom stereocenters. The summed E-state index contributed by atoms with van der Waals surface area (Å²) in [6.07, 6.45) is 1.85. The molecule has 3 heteroatoms. The summed E-state index contributed by atoms with van der Waals surface area (Å²) in [5.74, 6) is 0.179.